The summed E-state index contributed by atoms with van der Waals surface area (Å²) in [6.07, 6.45) is 1.82. The number of nitrogens with one attached hydrogen (secondary N) is 1. The molecule has 1 aliphatic heterocycles. The minimum Gasteiger partial charge on any atom is -0.486 e. The first kappa shape index (κ1) is 20.1. The Balaban J connectivity index is 1.36. The van der Waals surface area contributed by atoms with Crippen LogP contribution < -0.4 is 14.8 Å². The number of thioether (sulfide) groups is 1. The van der Waals surface area contributed by atoms with E-state index in [1.165, 1.54) is 0 Å². The van der Waals surface area contributed by atoms with Crippen molar-refractivity contribution in [3.8, 4) is 22.1 Å². The number of nitrogens with zero attached hydrogens (tertiary/aromatic N) is 2. The Morgan fingerprint density at radius 2 is 2.00 bits per heavy atom. The summed E-state index contributed by atoms with van der Waals surface area (Å²) >= 11 is 3.46. The molecule has 0 saturated carbocycles. The Hall–Kier alpha value is -2.16. The average molecular weight is 432 g/mol. The lowest BCUT2D eigenvalue weighted by molar-refractivity contribution is 0.172. The van der Waals surface area contributed by atoms with Gasteiger partial charge in [-0.25, -0.2) is 4.98 Å². The van der Waals surface area contributed by atoms with Gasteiger partial charge < -0.3 is 24.1 Å². The van der Waals surface area contributed by atoms with Crippen LogP contribution in [0.25, 0.3) is 10.6 Å². The van der Waals surface area contributed by atoms with Gasteiger partial charge in [-0.1, -0.05) is 0 Å². The molecule has 1 aliphatic rings. The number of hydrogen-bond acceptors (Lipinski definition) is 8. The Labute approximate surface area is 179 Å². The maximum atomic E-state index is 5.92. The highest BCUT2D eigenvalue weighted by Crippen LogP contribution is 2.44. The standard InChI is InChI=1S/C21H25N3O3S2/c1-24(2)13-15-3-4-16(27-15)14-28-11-7-22-19-17(21-23-8-12-29-21)5-6-18-20(19)26-10-9-25-18/h3-6,8,12,22H,7,9-11,13-14H2,1-2H3. The first-order chi connectivity index (χ1) is 14.2. The number of aromatic nitrogens is 1. The summed E-state index contributed by atoms with van der Waals surface area (Å²) in [5.41, 5.74) is 2.01. The van der Waals surface area contributed by atoms with E-state index in [0.29, 0.717) is 13.2 Å². The van der Waals surface area contributed by atoms with Crippen molar-refractivity contribution in [1.29, 1.82) is 0 Å². The Morgan fingerprint density at radius 3 is 2.83 bits per heavy atom. The normalized spacial score (nSPS) is 13.1. The maximum absolute atomic E-state index is 5.92. The molecule has 0 bridgehead atoms. The second-order valence-electron chi connectivity index (χ2n) is 6.93. The summed E-state index contributed by atoms with van der Waals surface area (Å²) in [6.45, 7) is 2.78. The first-order valence-electron chi connectivity index (χ1n) is 9.57. The van der Waals surface area contributed by atoms with Crippen molar-refractivity contribution in [3.63, 3.8) is 0 Å². The lowest BCUT2D eigenvalue weighted by atomic mass is 10.1. The van der Waals surface area contributed by atoms with Crippen molar-refractivity contribution in [1.82, 2.24) is 9.88 Å². The number of thiazole rings is 1. The molecule has 6 nitrogen and oxygen atoms in total. The average Bonchev–Trinajstić information content (AvgIpc) is 3.39. The number of hydrogen-bond donors (Lipinski definition) is 1. The molecule has 0 fully saturated rings. The number of ether oxygens (including phenoxy) is 2. The topological polar surface area (TPSA) is 59.8 Å². The van der Waals surface area contributed by atoms with Crippen LogP contribution in [0.15, 0.2) is 40.3 Å². The predicted molar refractivity (Wildman–Crippen MR) is 119 cm³/mol. The van der Waals surface area contributed by atoms with Gasteiger partial charge >= 0.3 is 0 Å². The molecule has 0 amide bonds. The summed E-state index contributed by atoms with van der Waals surface area (Å²) in [5, 5.41) is 6.51. The molecule has 3 aromatic rings. The number of fused-ring (bicyclic) bond motifs is 1. The molecular weight excluding hydrogens is 406 g/mol. The zero-order valence-electron chi connectivity index (χ0n) is 16.6. The molecule has 0 saturated heterocycles. The fraction of sp³-hybridized carbons (Fsp3) is 0.381. The van der Waals surface area contributed by atoms with Crippen LogP contribution in [-0.2, 0) is 12.3 Å². The van der Waals surface area contributed by atoms with E-state index < -0.39 is 0 Å². The molecule has 0 aliphatic carbocycles. The van der Waals surface area contributed by atoms with E-state index in [4.69, 9.17) is 13.9 Å². The summed E-state index contributed by atoms with van der Waals surface area (Å²) in [4.78, 5) is 6.57. The van der Waals surface area contributed by atoms with Gasteiger partial charge in [-0.2, -0.15) is 11.8 Å². The molecule has 3 heterocycles. The number of anilines is 1. The maximum Gasteiger partial charge on any atom is 0.185 e. The Kier molecular flexibility index (Phi) is 6.63. The molecule has 0 unspecified atom stereocenters. The fourth-order valence-corrected chi connectivity index (χ4v) is 4.56. The summed E-state index contributed by atoms with van der Waals surface area (Å²) < 4.78 is 17.5. The van der Waals surface area contributed by atoms with Crippen LogP contribution in [0.3, 0.4) is 0 Å². The van der Waals surface area contributed by atoms with Crippen LogP contribution in [0.5, 0.6) is 11.5 Å². The molecule has 0 radical (unpaired) electrons. The largest absolute Gasteiger partial charge is 0.486 e. The minimum atomic E-state index is 0.561. The van der Waals surface area contributed by atoms with Gasteiger partial charge in [0, 0.05) is 29.4 Å². The molecule has 29 heavy (non-hydrogen) atoms. The first-order valence-corrected chi connectivity index (χ1v) is 11.6. The quantitative estimate of drug-likeness (QED) is 0.498. The van der Waals surface area contributed by atoms with Gasteiger partial charge in [-0.3, -0.25) is 0 Å². The van der Waals surface area contributed by atoms with E-state index in [2.05, 4.69) is 33.4 Å². The molecule has 0 spiro atoms. The molecule has 2 aromatic heterocycles. The van der Waals surface area contributed by atoms with E-state index in [0.717, 1.165) is 63.9 Å². The zero-order valence-corrected chi connectivity index (χ0v) is 18.3. The van der Waals surface area contributed by atoms with Gasteiger partial charge in [0.15, 0.2) is 11.5 Å². The number of benzene rings is 1. The van der Waals surface area contributed by atoms with Crippen molar-refractivity contribution in [2.45, 2.75) is 12.3 Å². The second-order valence-corrected chi connectivity index (χ2v) is 8.93. The zero-order chi connectivity index (χ0) is 20.1. The van der Waals surface area contributed by atoms with Crippen molar-refractivity contribution in [3.05, 3.63) is 47.4 Å². The molecular formula is C21H25N3O3S2. The lowest BCUT2D eigenvalue weighted by Gasteiger charge is -2.23. The van der Waals surface area contributed by atoms with Crippen molar-refractivity contribution in [2.75, 3.05) is 44.9 Å². The van der Waals surface area contributed by atoms with Gasteiger partial charge in [0.2, 0.25) is 0 Å². The van der Waals surface area contributed by atoms with Gasteiger partial charge in [0.05, 0.1) is 18.0 Å². The Bertz CT molecular complexity index is 925. The van der Waals surface area contributed by atoms with E-state index in [1.807, 2.05) is 43.5 Å². The fourth-order valence-electron chi connectivity index (χ4n) is 3.14. The predicted octanol–water partition coefficient (Wildman–Crippen LogP) is 4.58. The van der Waals surface area contributed by atoms with Crippen molar-refractivity contribution < 1.29 is 13.9 Å². The van der Waals surface area contributed by atoms with Gasteiger partial charge in [0.25, 0.3) is 0 Å². The van der Waals surface area contributed by atoms with E-state index in [1.54, 1.807) is 11.3 Å². The highest BCUT2D eigenvalue weighted by Gasteiger charge is 2.21. The number of rotatable bonds is 9. The van der Waals surface area contributed by atoms with E-state index >= 15 is 0 Å². The molecule has 4 rings (SSSR count). The summed E-state index contributed by atoms with van der Waals surface area (Å²) in [6, 6.07) is 8.14. The van der Waals surface area contributed by atoms with Crippen LogP contribution in [0.4, 0.5) is 5.69 Å². The van der Waals surface area contributed by atoms with Gasteiger partial charge in [0.1, 0.15) is 29.7 Å². The third-order valence-electron chi connectivity index (χ3n) is 4.35. The van der Waals surface area contributed by atoms with Crippen LogP contribution in [0.1, 0.15) is 11.5 Å². The van der Waals surface area contributed by atoms with E-state index in [9.17, 15) is 0 Å². The highest BCUT2D eigenvalue weighted by atomic mass is 32.2. The lowest BCUT2D eigenvalue weighted by Crippen LogP contribution is -2.17. The number of furan rings is 1. The van der Waals surface area contributed by atoms with Crippen LogP contribution in [0.2, 0.25) is 0 Å². The van der Waals surface area contributed by atoms with Gasteiger partial charge in [-0.05, 0) is 38.4 Å². The molecule has 1 aromatic carbocycles. The Morgan fingerprint density at radius 1 is 1.14 bits per heavy atom. The molecule has 8 heteroatoms. The third kappa shape index (κ3) is 5.07. The van der Waals surface area contributed by atoms with Crippen LogP contribution >= 0.6 is 23.1 Å². The highest BCUT2D eigenvalue weighted by molar-refractivity contribution is 7.98. The third-order valence-corrected chi connectivity index (χ3v) is 6.14. The molecule has 1 N–H and O–H groups in total. The summed E-state index contributed by atoms with van der Waals surface area (Å²) in [5.74, 6) is 5.41. The monoisotopic (exact) mass is 431 g/mol. The smallest absolute Gasteiger partial charge is 0.185 e. The van der Waals surface area contributed by atoms with Crippen LogP contribution in [-0.4, -0.2) is 49.5 Å². The molecule has 154 valence electrons. The SMILES string of the molecule is CN(C)Cc1ccc(CSCCNc2c(-c3nccs3)ccc3c2OCCO3)o1. The minimum absolute atomic E-state index is 0.561. The van der Waals surface area contributed by atoms with E-state index in [-0.39, 0.29) is 0 Å². The summed E-state index contributed by atoms with van der Waals surface area (Å²) in [7, 11) is 4.08. The van der Waals surface area contributed by atoms with Crippen LogP contribution in [0, 0.1) is 0 Å². The van der Waals surface area contributed by atoms with Gasteiger partial charge in [-0.15, -0.1) is 11.3 Å². The van der Waals surface area contributed by atoms with Crippen molar-refractivity contribution in [2.24, 2.45) is 0 Å². The molecule has 0 atom stereocenters. The second kappa shape index (κ2) is 9.56. The van der Waals surface area contributed by atoms with Crippen molar-refractivity contribution >= 4 is 28.8 Å².